The molecule has 0 amide bonds. The topological polar surface area (TPSA) is 73.5 Å². The third kappa shape index (κ3) is 5.65. The molecule has 10 heteroatoms. The summed E-state index contributed by atoms with van der Waals surface area (Å²) in [6, 6.07) is 8.75. The van der Waals surface area contributed by atoms with Crippen molar-refractivity contribution in [1.82, 2.24) is 9.62 Å². The summed E-state index contributed by atoms with van der Waals surface area (Å²) in [6.45, 7) is 1.63. The molecule has 0 spiro atoms. The van der Waals surface area contributed by atoms with Gasteiger partial charge >= 0.3 is 10.2 Å². The normalized spacial score (nSPS) is 19.9. The zero-order valence-corrected chi connectivity index (χ0v) is 18.4. The number of piperidine rings is 1. The van der Waals surface area contributed by atoms with E-state index in [9.17, 15) is 17.2 Å². The first-order valence-corrected chi connectivity index (χ1v) is 12.2. The molecule has 3 N–H and O–H groups in total. The summed E-state index contributed by atoms with van der Waals surface area (Å²) in [5.41, 5.74) is 0.0954. The zero-order chi connectivity index (χ0) is 22.0. The Morgan fingerprint density at radius 2 is 1.87 bits per heavy atom. The molecule has 0 radical (unpaired) electrons. The van der Waals surface area contributed by atoms with Crippen LogP contribution in [0.2, 0.25) is 5.02 Å². The molecule has 31 heavy (non-hydrogen) atoms. The van der Waals surface area contributed by atoms with Crippen molar-refractivity contribution in [2.45, 2.75) is 31.7 Å². The minimum Gasteiger partial charge on any atom is -0.352 e. The average Bonchev–Trinajstić information content (AvgIpc) is 3.56. The number of nitrogens with zero attached hydrogens (tertiary/aromatic N) is 1. The van der Waals surface area contributed by atoms with Gasteiger partial charge in [0.2, 0.25) is 0 Å². The molecule has 1 aliphatic heterocycles. The minimum atomic E-state index is -3.92. The van der Waals surface area contributed by atoms with Crippen molar-refractivity contribution in [3.05, 3.63) is 53.1 Å². The van der Waals surface area contributed by atoms with Crippen LogP contribution in [0.25, 0.3) is 0 Å². The van der Waals surface area contributed by atoms with Crippen molar-refractivity contribution in [1.29, 1.82) is 0 Å². The van der Waals surface area contributed by atoms with E-state index in [1.807, 2.05) is 0 Å². The van der Waals surface area contributed by atoms with Gasteiger partial charge in [-0.15, -0.1) is 0 Å². The van der Waals surface area contributed by atoms with Crippen LogP contribution >= 0.6 is 11.6 Å². The third-order valence-electron chi connectivity index (χ3n) is 5.53. The van der Waals surface area contributed by atoms with Crippen molar-refractivity contribution in [3.8, 4) is 0 Å². The van der Waals surface area contributed by atoms with Gasteiger partial charge in [0.05, 0.1) is 22.1 Å². The fourth-order valence-electron chi connectivity index (χ4n) is 3.64. The Hall–Kier alpha value is -1.94. The first kappa shape index (κ1) is 22.3. The zero-order valence-electron chi connectivity index (χ0n) is 16.9. The maximum absolute atomic E-state index is 14.3. The van der Waals surface area contributed by atoms with Crippen LogP contribution < -0.4 is 15.4 Å². The van der Waals surface area contributed by atoms with E-state index in [1.54, 1.807) is 24.3 Å². The average molecular weight is 471 g/mol. The van der Waals surface area contributed by atoms with Crippen LogP contribution in [0.4, 0.5) is 25.8 Å². The number of halogens is 3. The minimum absolute atomic E-state index is 0.0680. The first-order valence-electron chi connectivity index (χ1n) is 10.3. The summed E-state index contributed by atoms with van der Waals surface area (Å²) in [7, 11) is -3.92. The standard InChI is InChI=1S/C21H25ClF2N4O2S/c22-17-5-1-2-6-19(17)26-20-11-16(10-18(23)21(20)24)27-31(29,30)28-9-3-4-15(13-28)25-12-14-7-8-14/h1-2,5-6,10-11,14-15,25-27H,3-4,7-9,12-13H2. The summed E-state index contributed by atoms with van der Waals surface area (Å²) >= 11 is 6.07. The number of para-hydroxylation sites is 1. The lowest BCUT2D eigenvalue weighted by atomic mass is 10.1. The van der Waals surface area contributed by atoms with Crippen LogP contribution in [0, 0.1) is 17.6 Å². The van der Waals surface area contributed by atoms with Gasteiger partial charge in [0.15, 0.2) is 11.6 Å². The maximum atomic E-state index is 14.3. The lowest BCUT2D eigenvalue weighted by Crippen LogP contribution is -2.49. The molecular formula is C21H25ClF2N4O2S. The van der Waals surface area contributed by atoms with E-state index in [-0.39, 0.29) is 17.4 Å². The Kier molecular flexibility index (Phi) is 6.66. The third-order valence-corrected chi connectivity index (χ3v) is 7.37. The molecule has 168 valence electrons. The lowest BCUT2D eigenvalue weighted by Gasteiger charge is -2.32. The number of anilines is 3. The van der Waals surface area contributed by atoms with Crippen LogP contribution in [0.1, 0.15) is 25.7 Å². The number of nitrogens with one attached hydrogen (secondary N) is 3. The van der Waals surface area contributed by atoms with Crippen molar-refractivity contribution >= 4 is 38.9 Å². The van der Waals surface area contributed by atoms with Gasteiger partial charge in [0.1, 0.15) is 0 Å². The monoisotopic (exact) mass is 470 g/mol. The highest BCUT2D eigenvalue weighted by Gasteiger charge is 2.30. The molecular weight excluding hydrogens is 446 g/mol. The summed E-state index contributed by atoms with van der Waals surface area (Å²) in [5, 5.41) is 6.49. The molecule has 2 aliphatic rings. The van der Waals surface area contributed by atoms with Gasteiger partial charge < -0.3 is 10.6 Å². The van der Waals surface area contributed by atoms with Crippen molar-refractivity contribution in [2.75, 3.05) is 29.7 Å². The maximum Gasteiger partial charge on any atom is 0.301 e. The molecule has 6 nitrogen and oxygen atoms in total. The Morgan fingerprint density at radius 3 is 2.61 bits per heavy atom. The molecule has 2 fully saturated rings. The van der Waals surface area contributed by atoms with Gasteiger partial charge in [0, 0.05) is 25.2 Å². The van der Waals surface area contributed by atoms with Crippen LogP contribution in [-0.4, -0.2) is 38.4 Å². The highest BCUT2D eigenvalue weighted by molar-refractivity contribution is 7.90. The molecule has 1 atom stereocenters. The fourth-order valence-corrected chi connectivity index (χ4v) is 5.12. The van der Waals surface area contributed by atoms with Gasteiger partial charge in [-0.05, 0) is 56.3 Å². The van der Waals surface area contributed by atoms with E-state index in [4.69, 9.17) is 11.6 Å². The summed E-state index contributed by atoms with van der Waals surface area (Å²) in [5.74, 6) is -1.58. The molecule has 0 bridgehead atoms. The molecule has 1 unspecified atom stereocenters. The molecule has 1 saturated carbocycles. The highest BCUT2D eigenvalue weighted by atomic mass is 35.5. The van der Waals surface area contributed by atoms with Crippen LogP contribution in [0.5, 0.6) is 0 Å². The SMILES string of the molecule is O=S(=O)(Nc1cc(F)c(F)c(Nc2ccccc2Cl)c1)N1CCCC(NCC2CC2)C1. The number of hydrogen-bond donors (Lipinski definition) is 3. The predicted octanol–water partition coefficient (Wildman–Crippen LogP) is 4.48. The summed E-state index contributed by atoms with van der Waals surface area (Å²) in [6.07, 6.45) is 4.10. The van der Waals surface area contributed by atoms with Crippen LogP contribution in [0.3, 0.4) is 0 Å². The second kappa shape index (κ2) is 9.28. The molecule has 2 aromatic rings. The molecule has 2 aromatic carbocycles. The fraction of sp³-hybridized carbons (Fsp3) is 0.429. The molecule has 4 rings (SSSR count). The molecule has 1 aliphatic carbocycles. The smallest absolute Gasteiger partial charge is 0.301 e. The number of hydrogen-bond acceptors (Lipinski definition) is 4. The Balaban J connectivity index is 1.48. The second-order valence-corrected chi connectivity index (χ2v) is 10.2. The predicted molar refractivity (Wildman–Crippen MR) is 119 cm³/mol. The Morgan fingerprint density at radius 1 is 1.10 bits per heavy atom. The number of benzene rings is 2. The molecule has 0 aromatic heterocycles. The lowest BCUT2D eigenvalue weighted by molar-refractivity contribution is 0.283. The highest BCUT2D eigenvalue weighted by Crippen LogP contribution is 2.31. The molecule has 1 heterocycles. The van der Waals surface area contributed by atoms with Crippen LogP contribution in [0.15, 0.2) is 36.4 Å². The Bertz CT molecular complexity index is 1050. The summed E-state index contributed by atoms with van der Waals surface area (Å²) < 4.78 is 58.1. The van der Waals surface area contributed by atoms with E-state index in [0.29, 0.717) is 29.7 Å². The van der Waals surface area contributed by atoms with Crippen LogP contribution in [-0.2, 0) is 10.2 Å². The van der Waals surface area contributed by atoms with E-state index in [1.165, 1.54) is 23.2 Å². The Labute approximate surface area is 186 Å². The van der Waals surface area contributed by atoms with Crippen molar-refractivity contribution < 1.29 is 17.2 Å². The van der Waals surface area contributed by atoms with E-state index in [0.717, 1.165) is 25.5 Å². The van der Waals surface area contributed by atoms with Gasteiger partial charge in [-0.2, -0.15) is 12.7 Å². The number of rotatable bonds is 8. The molecule has 1 saturated heterocycles. The van der Waals surface area contributed by atoms with Crippen molar-refractivity contribution in [2.24, 2.45) is 5.92 Å². The van der Waals surface area contributed by atoms with Crippen molar-refractivity contribution in [3.63, 3.8) is 0 Å². The summed E-state index contributed by atoms with van der Waals surface area (Å²) in [4.78, 5) is 0. The van der Waals surface area contributed by atoms with Gasteiger partial charge in [-0.25, -0.2) is 8.78 Å². The first-order chi connectivity index (χ1) is 14.8. The van der Waals surface area contributed by atoms with Gasteiger partial charge in [-0.1, -0.05) is 23.7 Å². The van der Waals surface area contributed by atoms with Gasteiger partial charge in [-0.3, -0.25) is 4.72 Å². The quantitative estimate of drug-likeness (QED) is 0.531. The van der Waals surface area contributed by atoms with E-state index < -0.39 is 21.8 Å². The van der Waals surface area contributed by atoms with Gasteiger partial charge in [0.25, 0.3) is 0 Å². The largest absolute Gasteiger partial charge is 0.352 e. The van der Waals surface area contributed by atoms with E-state index >= 15 is 0 Å². The second-order valence-electron chi connectivity index (χ2n) is 8.08. The van der Waals surface area contributed by atoms with E-state index in [2.05, 4.69) is 15.4 Å².